The average Bonchev–Trinajstić information content (AvgIpc) is 3.32. The molecular formula is C29H34N6O5S. The maximum absolute atomic E-state index is 13.4. The van der Waals surface area contributed by atoms with Crippen molar-refractivity contribution in [3.05, 3.63) is 86.2 Å². The van der Waals surface area contributed by atoms with Gasteiger partial charge >= 0.3 is 5.97 Å². The standard InChI is InChI=1S/C29H34N6O5S/c1-16-17(2)19(4)26(20(5)18(16)3)41(39,40)34-24(28(37)38)15-25-32-23-10-9-21(14-22(23)27(36)33-25)8-7-11-30-29-31-12-13-35(29)6/h7-10,12-14,24,34H,11,15H2,1-6H3,(H,30,31)(H,37,38)(H,32,33,36)/t24-/m0/s1. The average molecular weight is 579 g/mol. The highest BCUT2D eigenvalue weighted by Gasteiger charge is 2.30. The van der Waals surface area contributed by atoms with Crippen LogP contribution in [0, 0.1) is 34.6 Å². The number of carbonyl (C=O) groups is 1. The molecule has 4 rings (SSSR count). The number of H-pyrrole nitrogens is 1. The predicted octanol–water partition coefficient (Wildman–Crippen LogP) is 3.30. The molecule has 2 aromatic heterocycles. The zero-order valence-corrected chi connectivity index (χ0v) is 24.7. The number of aromatic nitrogens is 4. The summed E-state index contributed by atoms with van der Waals surface area (Å²) in [6.45, 7) is 9.56. The molecule has 0 aliphatic rings. The largest absolute Gasteiger partial charge is 0.480 e. The number of benzene rings is 2. The van der Waals surface area contributed by atoms with E-state index in [2.05, 4.69) is 25.0 Å². The van der Waals surface area contributed by atoms with Crippen LogP contribution in [0.3, 0.4) is 0 Å². The lowest BCUT2D eigenvalue weighted by Crippen LogP contribution is -2.43. The number of sulfonamides is 1. The highest BCUT2D eigenvalue weighted by Crippen LogP contribution is 2.29. The fraction of sp³-hybridized carbons (Fsp3) is 0.310. The Hall–Kier alpha value is -4.29. The minimum absolute atomic E-state index is 0.0601. The van der Waals surface area contributed by atoms with Crippen molar-refractivity contribution in [3.63, 3.8) is 0 Å². The molecule has 216 valence electrons. The molecule has 2 aromatic carbocycles. The number of aryl methyl sites for hydroxylation is 1. The second-order valence-corrected chi connectivity index (χ2v) is 11.8. The molecule has 4 aromatic rings. The fourth-order valence-corrected chi connectivity index (χ4v) is 6.56. The van der Waals surface area contributed by atoms with Gasteiger partial charge in [0.25, 0.3) is 5.56 Å². The van der Waals surface area contributed by atoms with Crippen molar-refractivity contribution in [1.29, 1.82) is 0 Å². The van der Waals surface area contributed by atoms with E-state index in [-0.39, 0.29) is 17.1 Å². The van der Waals surface area contributed by atoms with Gasteiger partial charge in [-0.25, -0.2) is 18.4 Å². The van der Waals surface area contributed by atoms with Crippen LogP contribution >= 0.6 is 0 Å². The summed E-state index contributed by atoms with van der Waals surface area (Å²) < 4.78 is 31.0. The second kappa shape index (κ2) is 11.7. The van der Waals surface area contributed by atoms with E-state index in [9.17, 15) is 23.1 Å². The number of carboxylic acid groups (broad SMARTS) is 1. The van der Waals surface area contributed by atoms with Gasteiger partial charge in [0, 0.05) is 32.4 Å². The molecule has 11 nitrogen and oxygen atoms in total. The Morgan fingerprint density at radius 1 is 1.10 bits per heavy atom. The van der Waals surface area contributed by atoms with Crippen molar-refractivity contribution in [2.45, 2.75) is 52.0 Å². The van der Waals surface area contributed by atoms with Crippen LogP contribution in [-0.4, -0.2) is 51.6 Å². The molecule has 0 aliphatic carbocycles. The minimum atomic E-state index is -4.20. The van der Waals surface area contributed by atoms with Gasteiger partial charge in [0.1, 0.15) is 11.9 Å². The molecule has 0 saturated carbocycles. The summed E-state index contributed by atoms with van der Waals surface area (Å²) in [4.78, 5) is 36.3. The number of aromatic amines is 1. The molecule has 0 aliphatic heterocycles. The number of rotatable bonds is 10. The third kappa shape index (κ3) is 6.23. The van der Waals surface area contributed by atoms with Crippen molar-refractivity contribution in [3.8, 4) is 0 Å². The normalized spacial score (nSPS) is 12.7. The minimum Gasteiger partial charge on any atom is -0.480 e. The van der Waals surface area contributed by atoms with E-state index >= 15 is 0 Å². The first-order chi connectivity index (χ1) is 19.3. The summed E-state index contributed by atoms with van der Waals surface area (Å²) in [5, 5.41) is 13.4. The Balaban J connectivity index is 1.55. The quantitative estimate of drug-likeness (QED) is 0.223. The number of anilines is 1. The molecule has 12 heteroatoms. The Morgan fingerprint density at radius 3 is 2.37 bits per heavy atom. The van der Waals surface area contributed by atoms with Crippen molar-refractivity contribution in [1.82, 2.24) is 24.2 Å². The maximum Gasteiger partial charge on any atom is 0.322 e. The molecule has 1 atom stereocenters. The maximum atomic E-state index is 13.4. The van der Waals surface area contributed by atoms with Gasteiger partial charge < -0.3 is 20.0 Å². The van der Waals surface area contributed by atoms with Crippen LogP contribution in [0.15, 0.2) is 46.4 Å². The van der Waals surface area contributed by atoms with Gasteiger partial charge in [-0.1, -0.05) is 18.2 Å². The lowest BCUT2D eigenvalue weighted by Gasteiger charge is -2.21. The monoisotopic (exact) mass is 578 g/mol. The number of hydrogen-bond donors (Lipinski definition) is 4. The SMILES string of the molecule is Cc1c(C)c(C)c(S(=O)(=O)N[C@@H](Cc2nc3ccc(C=CCNc4nccn4C)cc3c(=O)[nH]2)C(=O)O)c(C)c1C. The van der Waals surface area contributed by atoms with E-state index in [0.717, 1.165) is 28.2 Å². The fourth-order valence-electron chi connectivity index (χ4n) is 4.77. The number of hydrogen-bond acceptors (Lipinski definition) is 7. The topological polar surface area (TPSA) is 159 Å². The van der Waals surface area contributed by atoms with Crippen LogP contribution in [0.2, 0.25) is 0 Å². The van der Waals surface area contributed by atoms with E-state index in [4.69, 9.17) is 0 Å². The third-order valence-electron chi connectivity index (χ3n) is 7.48. The zero-order valence-electron chi connectivity index (χ0n) is 23.9. The number of fused-ring (bicyclic) bond motifs is 1. The zero-order chi connectivity index (χ0) is 30.1. The molecule has 41 heavy (non-hydrogen) atoms. The Bertz CT molecular complexity index is 1810. The molecular weight excluding hydrogens is 544 g/mol. The number of carboxylic acids is 1. The summed E-state index contributed by atoms with van der Waals surface area (Å²) in [5.41, 5.74) is 4.49. The number of nitrogens with one attached hydrogen (secondary N) is 3. The van der Waals surface area contributed by atoms with Crippen LogP contribution in [0.5, 0.6) is 0 Å². The molecule has 0 saturated heterocycles. The first kappa shape index (κ1) is 29.7. The van der Waals surface area contributed by atoms with Gasteiger partial charge in [0.2, 0.25) is 16.0 Å². The first-order valence-electron chi connectivity index (χ1n) is 13.0. The molecule has 4 N–H and O–H groups in total. The predicted molar refractivity (Wildman–Crippen MR) is 159 cm³/mol. The molecule has 0 spiro atoms. The van der Waals surface area contributed by atoms with E-state index < -0.39 is 27.6 Å². The molecule has 0 radical (unpaired) electrons. The van der Waals surface area contributed by atoms with Gasteiger partial charge in [-0.3, -0.25) is 9.59 Å². The number of imidazole rings is 1. The smallest absolute Gasteiger partial charge is 0.322 e. The van der Waals surface area contributed by atoms with E-state index in [0.29, 0.717) is 28.6 Å². The van der Waals surface area contributed by atoms with Gasteiger partial charge in [0.15, 0.2) is 0 Å². The van der Waals surface area contributed by atoms with Gasteiger partial charge in [-0.15, -0.1) is 0 Å². The molecule has 0 unspecified atom stereocenters. The summed E-state index contributed by atoms with van der Waals surface area (Å²) in [6, 6.07) is 3.60. The first-order valence-corrected chi connectivity index (χ1v) is 14.5. The Kier molecular flexibility index (Phi) is 8.45. The van der Waals surface area contributed by atoms with Gasteiger partial charge in [0.05, 0.1) is 15.8 Å². The van der Waals surface area contributed by atoms with E-state index in [1.54, 1.807) is 38.2 Å². The summed E-state index contributed by atoms with van der Waals surface area (Å²) in [6.07, 6.45) is 6.95. The summed E-state index contributed by atoms with van der Waals surface area (Å²) >= 11 is 0. The van der Waals surface area contributed by atoms with E-state index in [1.165, 1.54) is 0 Å². The van der Waals surface area contributed by atoms with Crippen LogP contribution in [0.1, 0.15) is 39.2 Å². The molecule has 0 bridgehead atoms. The van der Waals surface area contributed by atoms with E-state index in [1.807, 2.05) is 50.7 Å². The van der Waals surface area contributed by atoms with Gasteiger partial charge in [-0.2, -0.15) is 4.72 Å². The number of nitrogens with zero attached hydrogens (tertiary/aromatic N) is 3. The van der Waals surface area contributed by atoms with Crippen LogP contribution in [-0.2, 0) is 28.3 Å². The van der Waals surface area contributed by atoms with Crippen LogP contribution in [0.4, 0.5) is 5.95 Å². The third-order valence-corrected chi connectivity index (χ3v) is 9.23. The molecule has 0 amide bonds. The number of aliphatic carboxylic acids is 1. The van der Waals surface area contributed by atoms with Crippen molar-refractivity contribution in [2.75, 3.05) is 11.9 Å². The lowest BCUT2D eigenvalue weighted by atomic mass is 9.95. The van der Waals surface area contributed by atoms with Crippen molar-refractivity contribution >= 4 is 38.9 Å². The Morgan fingerprint density at radius 2 is 1.76 bits per heavy atom. The van der Waals surface area contributed by atoms with Crippen LogP contribution < -0.4 is 15.6 Å². The van der Waals surface area contributed by atoms with Crippen LogP contribution in [0.25, 0.3) is 17.0 Å². The highest BCUT2D eigenvalue weighted by molar-refractivity contribution is 7.89. The Labute approximate surface area is 238 Å². The molecule has 2 heterocycles. The highest BCUT2D eigenvalue weighted by atomic mass is 32.2. The van der Waals surface area contributed by atoms with Crippen molar-refractivity contribution in [2.24, 2.45) is 7.05 Å². The summed E-state index contributed by atoms with van der Waals surface area (Å²) in [5.74, 6) is -0.589. The lowest BCUT2D eigenvalue weighted by molar-refractivity contribution is -0.139. The summed E-state index contributed by atoms with van der Waals surface area (Å²) in [7, 11) is -2.32. The second-order valence-electron chi connectivity index (χ2n) is 10.1. The molecule has 0 fully saturated rings. The van der Waals surface area contributed by atoms with Gasteiger partial charge in [-0.05, 0) is 80.1 Å². The van der Waals surface area contributed by atoms with Crippen molar-refractivity contribution < 1.29 is 18.3 Å².